The number of likely N-dealkylation sites (tertiary alicyclic amines) is 1. The second-order valence-electron chi connectivity index (χ2n) is 4.92. The van der Waals surface area contributed by atoms with E-state index >= 15 is 0 Å². The molecule has 1 amide bonds. The fraction of sp³-hybridized carbons (Fsp3) is 0.500. The van der Waals surface area contributed by atoms with Crippen LogP contribution < -0.4 is 0 Å². The number of aliphatic hydroxyl groups is 2. The Morgan fingerprint density at radius 1 is 1.44 bits per heavy atom. The third kappa shape index (κ3) is 2.26. The van der Waals surface area contributed by atoms with Gasteiger partial charge in [0.1, 0.15) is 0 Å². The van der Waals surface area contributed by atoms with E-state index in [1.807, 2.05) is 6.07 Å². The molecule has 2 atom stereocenters. The second kappa shape index (κ2) is 5.08. The highest BCUT2D eigenvalue weighted by Gasteiger charge is 2.40. The smallest absolute Gasteiger partial charge is 0.259 e. The highest BCUT2D eigenvalue weighted by atomic mass is 16.3. The minimum Gasteiger partial charge on any atom is -0.394 e. The van der Waals surface area contributed by atoms with Crippen molar-refractivity contribution in [3.8, 4) is 0 Å². The van der Waals surface area contributed by atoms with E-state index in [-0.39, 0.29) is 18.6 Å². The lowest BCUT2D eigenvalue weighted by Crippen LogP contribution is -2.48. The maximum absolute atomic E-state index is 12.4. The molecule has 0 radical (unpaired) electrons. The minimum atomic E-state index is -1.53. The Balaban J connectivity index is 2.22. The summed E-state index contributed by atoms with van der Waals surface area (Å²) in [5.74, 6) is -0.328. The lowest BCUT2D eigenvalue weighted by Gasteiger charge is -2.31. The van der Waals surface area contributed by atoms with Crippen molar-refractivity contribution in [2.24, 2.45) is 0 Å². The molecular weight excluding hydrogens is 230 g/mol. The van der Waals surface area contributed by atoms with Gasteiger partial charge in [-0.3, -0.25) is 4.79 Å². The molecule has 0 saturated carbocycles. The van der Waals surface area contributed by atoms with Crippen molar-refractivity contribution in [3.05, 3.63) is 35.9 Å². The molecule has 1 heterocycles. The average Bonchev–Trinajstić information content (AvgIpc) is 2.87. The Labute approximate surface area is 107 Å². The lowest BCUT2D eigenvalue weighted by atomic mass is 9.94. The summed E-state index contributed by atoms with van der Waals surface area (Å²) in [5.41, 5.74) is -0.947. The molecule has 2 rings (SSSR count). The van der Waals surface area contributed by atoms with Crippen molar-refractivity contribution in [1.82, 2.24) is 4.90 Å². The van der Waals surface area contributed by atoms with Crippen LogP contribution in [0.25, 0.3) is 0 Å². The monoisotopic (exact) mass is 249 g/mol. The molecular formula is C14H19NO3. The van der Waals surface area contributed by atoms with Crippen LogP contribution in [0.2, 0.25) is 0 Å². The summed E-state index contributed by atoms with van der Waals surface area (Å²) in [6, 6.07) is 8.75. The highest BCUT2D eigenvalue weighted by molar-refractivity contribution is 5.86. The van der Waals surface area contributed by atoms with Crippen molar-refractivity contribution < 1.29 is 15.0 Å². The molecule has 1 aliphatic rings. The maximum Gasteiger partial charge on any atom is 0.259 e. The van der Waals surface area contributed by atoms with Gasteiger partial charge in [0.15, 0.2) is 5.60 Å². The molecule has 0 aromatic heterocycles. The van der Waals surface area contributed by atoms with E-state index in [2.05, 4.69) is 0 Å². The molecule has 1 aliphatic heterocycles. The van der Waals surface area contributed by atoms with Crippen LogP contribution in [-0.4, -0.2) is 40.2 Å². The number of carbonyl (C=O) groups is 1. The molecule has 4 nitrogen and oxygen atoms in total. The Hall–Kier alpha value is -1.39. The Morgan fingerprint density at radius 2 is 2.11 bits per heavy atom. The number of aliphatic hydroxyl groups excluding tert-OH is 1. The van der Waals surface area contributed by atoms with E-state index in [0.29, 0.717) is 12.1 Å². The SMILES string of the molecule is C[C@@](O)(C(=O)N1CCC[C@H]1CO)c1ccccc1. The van der Waals surface area contributed by atoms with E-state index in [1.165, 1.54) is 6.92 Å². The number of carbonyl (C=O) groups excluding carboxylic acids is 1. The first-order valence-electron chi connectivity index (χ1n) is 6.27. The normalized spacial score (nSPS) is 22.8. The first-order valence-corrected chi connectivity index (χ1v) is 6.27. The maximum atomic E-state index is 12.4. The zero-order chi connectivity index (χ0) is 13.2. The van der Waals surface area contributed by atoms with Crippen molar-refractivity contribution in [2.75, 3.05) is 13.2 Å². The van der Waals surface area contributed by atoms with Gasteiger partial charge in [0.25, 0.3) is 5.91 Å². The molecule has 2 N–H and O–H groups in total. The predicted molar refractivity (Wildman–Crippen MR) is 67.8 cm³/mol. The van der Waals surface area contributed by atoms with Crippen LogP contribution in [0.1, 0.15) is 25.3 Å². The van der Waals surface area contributed by atoms with Gasteiger partial charge in [-0.15, -0.1) is 0 Å². The van der Waals surface area contributed by atoms with Crippen LogP contribution in [-0.2, 0) is 10.4 Å². The van der Waals surface area contributed by atoms with Gasteiger partial charge in [0, 0.05) is 6.54 Å². The zero-order valence-electron chi connectivity index (χ0n) is 10.5. The number of rotatable bonds is 3. The van der Waals surface area contributed by atoms with E-state index in [0.717, 1.165) is 12.8 Å². The van der Waals surface area contributed by atoms with E-state index < -0.39 is 5.60 Å². The summed E-state index contributed by atoms with van der Waals surface area (Å²) >= 11 is 0. The summed E-state index contributed by atoms with van der Waals surface area (Å²) in [6.45, 7) is 2.07. The molecule has 0 spiro atoms. The van der Waals surface area contributed by atoms with Crippen molar-refractivity contribution >= 4 is 5.91 Å². The molecule has 1 aromatic carbocycles. The summed E-state index contributed by atoms with van der Waals surface area (Å²) in [5, 5.41) is 19.7. The first kappa shape index (κ1) is 13.1. The molecule has 1 saturated heterocycles. The quantitative estimate of drug-likeness (QED) is 0.836. The third-order valence-corrected chi connectivity index (χ3v) is 3.60. The standard InChI is InChI=1S/C14H19NO3/c1-14(18,11-6-3-2-4-7-11)13(17)15-9-5-8-12(15)10-16/h2-4,6-7,12,16,18H,5,8-10H2,1H3/t12-,14-/m0/s1. The Bertz CT molecular complexity index is 416. The van der Waals surface area contributed by atoms with Gasteiger partial charge >= 0.3 is 0 Å². The molecule has 0 unspecified atom stereocenters. The highest BCUT2D eigenvalue weighted by Crippen LogP contribution is 2.27. The minimum absolute atomic E-state index is 0.0450. The van der Waals surface area contributed by atoms with Gasteiger partial charge in [0.05, 0.1) is 12.6 Å². The Morgan fingerprint density at radius 3 is 2.72 bits per heavy atom. The Kier molecular flexibility index (Phi) is 3.68. The molecule has 98 valence electrons. The van der Waals surface area contributed by atoms with E-state index in [1.54, 1.807) is 29.2 Å². The number of amides is 1. The third-order valence-electron chi connectivity index (χ3n) is 3.60. The van der Waals surface area contributed by atoms with Gasteiger partial charge in [0.2, 0.25) is 0 Å². The van der Waals surface area contributed by atoms with Gasteiger partial charge in [-0.05, 0) is 25.3 Å². The number of benzene rings is 1. The zero-order valence-corrected chi connectivity index (χ0v) is 10.5. The summed E-state index contributed by atoms with van der Waals surface area (Å²) in [4.78, 5) is 14.0. The van der Waals surface area contributed by atoms with Crippen LogP contribution in [0.5, 0.6) is 0 Å². The second-order valence-corrected chi connectivity index (χ2v) is 4.92. The fourth-order valence-electron chi connectivity index (χ4n) is 2.46. The largest absolute Gasteiger partial charge is 0.394 e. The molecule has 4 heteroatoms. The van der Waals surface area contributed by atoms with Crippen molar-refractivity contribution in [2.45, 2.75) is 31.4 Å². The summed E-state index contributed by atoms with van der Waals surface area (Å²) < 4.78 is 0. The summed E-state index contributed by atoms with van der Waals surface area (Å²) in [7, 11) is 0. The lowest BCUT2D eigenvalue weighted by molar-refractivity contribution is -0.152. The number of hydrogen-bond donors (Lipinski definition) is 2. The predicted octanol–water partition coefficient (Wildman–Crippen LogP) is 0.877. The van der Waals surface area contributed by atoms with Crippen LogP contribution >= 0.6 is 0 Å². The molecule has 1 aromatic rings. The first-order chi connectivity index (χ1) is 8.57. The average molecular weight is 249 g/mol. The van der Waals surface area contributed by atoms with Crippen LogP contribution in [0.4, 0.5) is 0 Å². The van der Waals surface area contributed by atoms with Crippen LogP contribution in [0.15, 0.2) is 30.3 Å². The molecule has 0 aliphatic carbocycles. The molecule has 1 fully saturated rings. The fourth-order valence-corrected chi connectivity index (χ4v) is 2.46. The van der Waals surface area contributed by atoms with Gasteiger partial charge in [-0.1, -0.05) is 30.3 Å². The van der Waals surface area contributed by atoms with Crippen molar-refractivity contribution in [3.63, 3.8) is 0 Å². The molecule has 0 bridgehead atoms. The number of nitrogens with zero attached hydrogens (tertiary/aromatic N) is 1. The van der Waals surface area contributed by atoms with Crippen molar-refractivity contribution in [1.29, 1.82) is 0 Å². The van der Waals surface area contributed by atoms with Crippen LogP contribution in [0, 0.1) is 0 Å². The summed E-state index contributed by atoms with van der Waals surface area (Å²) in [6.07, 6.45) is 1.68. The molecule has 18 heavy (non-hydrogen) atoms. The topological polar surface area (TPSA) is 60.8 Å². The van der Waals surface area contributed by atoms with Gasteiger partial charge in [-0.2, -0.15) is 0 Å². The van der Waals surface area contributed by atoms with Gasteiger partial charge in [-0.25, -0.2) is 0 Å². The van der Waals surface area contributed by atoms with E-state index in [9.17, 15) is 15.0 Å². The van der Waals surface area contributed by atoms with Gasteiger partial charge < -0.3 is 15.1 Å². The van der Waals surface area contributed by atoms with E-state index in [4.69, 9.17) is 0 Å². The number of hydrogen-bond acceptors (Lipinski definition) is 3. The van der Waals surface area contributed by atoms with Crippen LogP contribution in [0.3, 0.4) is 0 Å².